The highest BCUT2D eigenvalue weighted by atomic mass is 16.5. The molecule has 8 heteroatoms. The van der Waals surface area contributed by atoms with Crippen LogP contribution in [0.25, 0.3) is 0 Å². The molecule has 3 saturated heterocycles. The van der Waals surface area contributed by atoms with Crippen molar-refractivity contribution < 1.29 is 19.1 Å². The van der Waals surface area contributed by atoms with E-state index in [2.05, 4.69) is 10.6 Å². The van der Waals surface area contributed by atoms with Gasteiger partial charge in [0, 0.05) is 26.7 Å². The van der Waals surface area contributed by atoms with Gasteiger partial charge in [-0.2, -0.15) is 0 Å². The molecule has 0 aromatic heterocycles. The number of morpholine rings is 1. The maximum Gasteiger partial charge on any atom is 0.325 e. The van der Waals surface area contributed by atoms with Gasteiger partial charge < -0.3 is 14.5 Å². The zero-order valence-corrected chi connectivity index (χ0v) is 14.7. The Bertz CT molecular complexity index is 564. The molecule has 0 radical (unpaired) electrons. The number of nitrogens with one attached hydrogen (secondary N) is 2. The molecule has 0 spiro atoms. The topological polar surface area (TPSA) is 91.0 Å². The number of fused-ring (bicyclic) bond motifs is 1. The lowest BCUT2D eigenvalue weighted by Crippen LogP contribution is -2.67. The Morgan fingerprint density at radius 1 is 1.33 bits per heavy atom. The fourth-order valence-corrected chi connectivity index (χ4v) is 4.06. The second-order valence-electron chi connectivity index (χ2n) is 7.70. The number of hydrogen-bond acceptors (Lipinski definition) is 5. The van der Waals surface area contributed by atoms with Crippen LogP contribution in [-0.4, -0.2) is 72.2 Å². The number of carbonyl (C=O) groups excluding carboxylic acids is 3. The summed E-state index contributed by atoms with van der Waals surface area (Å²) in [5.41, 5.74) is -0.368. The van der Waals surface area contributed by atoms with Crippen molar-refractivity contribution in [2.75, 3.05) is 26.7 Å². The fraction of sp³-hybridized carbons (Fsp3) is 0.812. The minimum atomic E-state index is -0.401. The van der Waals surface area contributed by atoms with Crippen LogP contribution >= 0.6 is 0 Å². The Morgan fingerprint density at radius 3 is 2.71 bits per heavy atom. The van der Waals surface area contributed by atoms with Gasteiger partial charge in [-0.15, -0.1) is 0 Å². The largest absolute Gasteiger partial charge is 0.369 e. The molecule has 0 bridgehead atoms. The minimum Gasteiger partial charge on any atom is -0.369 e. The summed E-state index contributed by atoms with van der Waals surface area (Å²) in [7, 11) is 1.65. The number of amides is 4. The Balaban J connectivity index is 1.69. The maximum absolute atomic E-state index is 12.9. The van der Waals surface area contributed by atoms with E-state index < -0.39 is 11.9 Å². The van der Waals surface area contributed by atoms with Gasteiger partial charge in [0.15, 0.2) is 0 Å². The molecule has 0 aliphatic carbocycles. The fourth-order valence-electron chi connectivity index (χ4n) is 4.06. The Hall–Kier alpha value is -1.67. The van der Waals surface area contributed by atoms with Gasteiger partial charge in [-0.1, -0.05) is 0 Å². The number of rotatable bonds is 1. The summed E-state index contributed by atoms with van der Waals surface area (Å²) in [5.74, 6) is -0.915. The molecule has 4 unspecified atom stereocenters. The number of hydrogen-bond donors (Lipinski definition) is 2. The second-order valence-corrected chi connectivity index (χ2v) is 7.70. The molecule has 3 fully saturated rings. The molecule has 3 aliphatic rings. The minimum absolute atomic E-state index is 0.0104. The van der Waals surface area contributed by atoms with Crippen molar-refractivity contribution in [2.45, 2.75) is 45.1 Å². The van der Waals surface area contributed by atoms with Crippen LogP contribution in [0.1, 0.15) is 27.2 Å². The third-order valence-electron chi connectivity index (χ3n) is 5.03. The maximum atomic E-state index is 12.9. The first-order valence-corrected chi connectivity index (χ1v) is 8.45. The molecule has 4 atom stereocenters. The lowest BCUT2D eigenvalue weighted by atomic mass is 9.84. The van der Waals surface area contributed by atoms with Crippen molar-refractivity contribution >= 4 is 17.8 Å². The van der Waals surface area contributed by atoms with Crippen LogP contribution in [0.15, 0.2) is 0 Å². The quantitative estimate of drug-likeness (QED) is 0.688. The summed E-state index contributed by atoms with van der Waals surface area (Å²) in [4.78, 5) is 40.1. The van der Waals surface area contributed by atoms with E-state index >= 15 is 0 Å². The summed E-state index contributed by atoms with van der Waals surface area (Å²) in [6, 6.07) is -0.401. The lowest BCUT2D eigenvalue weighted by molar-refractivity contribution is -0.163. The monoisotopic (exact) mass is 338 g/mol. The average molecular weight is 338 g/mol. The van der Waals surface area contributed by atoms with E-state index in [9.17, 15) is 14.4 Å². The molecule has 134 valence electrons. The number of nitrogens with zero attached hydrogens (tertiary/aromatic N) is 2. The molecule has 3 heterocycles. The smallest absolute Gasteiger partial charge is 0.325 e. The van der Waals surface area contributed by atoms with E-state index in [0.717, 1.165) is 0 Å². The van der Waals surface area contributed by atoms with E-state index in [-0.39, 0.29) is 35.6 Å². The van der Waals surface area contributed by atoms with Crippen molar-refractivity contribution in [3.63, 3.8) is 0 Å². The molecule has 24 heavy (non-hydrogen) atoms. The lowest BCUT2D eigenvalue weighted by Gasteiger charge is -2.46. The Labute approximate surface area is 141 Å². The first-order valence-electron chi connectivity index (χ1n) is 8.45. The van der Waals surface area contributed by atoms with Crippen LogP contribution in [0.4, 0.5) is 4.79 Å². The molecule has 8 nitrogen and oxygen atoms in total. The first-order chi connectivity index (χ1) is 11.2. The number of urea groups is 1. The van der Waals surface area contributed by atoms with Gasteiger partial charge in [0.1, 0.15) is 0 Å². The number of imide groups is 1. The van der Waals surface area contributed by atoms with Crippen molar-refractivity contribution in [3.05, 3.63) is 0 Å². The zero-order chi connectivity index (χ0) is 17.6. The van der Waals surface area contributed by atoms with Gasteiger partial charge >= 0.3 is 6.03 Å². The van der Waals surface area contributed by atoms with Gasteiger partial charge in [0.2, 0.25) is 11.8 Å². The third-order valence-corrected chi connectivity index (χ3v) is 5.03. The summed E-state index contributed by atoms with van der Waals surface area (Å²) in [5, 5.41) is 5.55. The molecule has 0 aromatic rings. The van der Waals surface area contributed by atoms with Gasteiger partial charge in [-0.25, -0.2) is 4.79 Å². The van der Waals surface area contributed by atoms with Crippen LogP contribution in [0.3, 0.4) is 0 Å². The molecule has 0 aromatic carbocycles. The number of ether oxygens (including phenoxy) is 1. The Kier molecular flexibility index (Phi) is 4.29. The summed E-state index contributed by atoms with van der Waals surface area (Å²) in [6.45, 7) is 7.51. The highest BCUT2D eigenvalue weighted by molar-refractivity contribution is 5.98. The molecule has 3 aliphatic heterocycles. The standard InChI is InChI=1S/C16H26N4O4/c1-9-7-20(8-16(2,3)24-9)14(22)10-5-11-12(17-6-10)19(4)15(23)18-13(11)21/h9-12,17H,5-8H2,1-4H3,(H,18,21,23). The van der Waals surface area contributed by atoms with Crippen LogP contribution in [-0.2, 0) is 14.3 Å². The van der Waals surface area contributed by atoms with Gasteiger partial charge in [-0.3, -0.25) is 20.2 Å². The van der Waals surface area contributed by atoms with E-state index in [0.29, 0.717) is 26.1 Å². The summed E-state index contributed by atoms with van der Waals surface area (Å²) in [6.07, 6.45) is 0.102. The molecule has 2 N–H and O–H groups in total. The highest BCUT2D eigenvalue weighted by Gasteiger charge is 2.46. The molecule has 4 amide bonds. The van der Waals surface area contributed by atoms with Crippen molar-refractivity contribution in [1.29, 1.82) is 0 Å². The molecular weight excluding hydrogens is 312 g/mol. The van der Waals surface area contributed by atoms with E-state index in [1.165, 1.54) is 4.90 Å². The van der Waals surface area contributed by atoms with E-state index in [1.54, 1.807) is 7.05 Å². The van der Waals surface area contributed by atoms with Crippen LogP contribution in [0, 0.1) is 11.8 Å². The van der Waals surface area contributed by atoms with Crippen LogP contribution in [0.2, 0.25) is 0 Å². The molecular formula is C16H26N4O4. The van der Waals surface area contributed by atoms with Crippen LogP contribution < -0.4 is 10.6 Å². The number of carbonyl (C=O) groups is 3. The first kappa shape index (κ1) is 17.2. The van der Waals surface area contributed by atoms with Gasteiger partial charge in [0.05, 0.1) is 29.7 Å². The van der Waals surface area contributed by atoms with Crippen molar-refractivity contribution in [2.24, 2.45) is 11.8 Å². The molecule has 3 rings (SSSR count). The predicted octanol–water partition coefficient (Wildman–Crippen LogP) is -0.254. The van der Waals surface area contributed by atoms with Crippen LogP contribution in [0.5, 0.6) is 0 Å². The molecule has 0 saturated carbocycles. The predicted molar refractivity (Wildman–Crippen MR) is 85.9 cm³/mol. The van der Waals surface area contributed by atoms with Gasteiger partial charge in [0.25, 0.3) is 0 Å². The van der Waals surface area contributed by atoms with E-state index in [1.807, 2.05) is 25.7 Å². The average Bonchev–Trinajstić information content (AvgIpc) is 2.49. The van der Waals surface area contributed by atoms with Gasteiger partial charge in [-0.05, 0) is 27.2 Å². The SMILES string of the molecule is CC1CN(C(=O)C2CNC3C(C2)C(=O)NC(=O)N3C)CC(C)(C)O1. The Morgan fingerprint density at radius 2 is 2.04 bits per heavy atom. The van der Waals surface area contributed by atoms with Crippen molar-refractivity contribution in [1.82, 2.24) is 20.4 Å². The summed E-state index contributed by atoms with van der Waals surface area (Å²) >= 11 is 0. The highest BCUT2D eigenvalue weighted by Crippen LogP contribution is 2.29. The second kappa shape index (κ2) is 6.00. The normalized spacial score (nSPS) is 36.2. The number of piperidine rings is 1. The van der Waals surface area contributed by atoms with Crippen molar-refractivity contribution in [3.8, 4) is 0 Å². The zero-order valence-electron chi connectivity index (χ0n) is 14.7. The summed E-state index contributed by atoms with van der Waals surface area (Å²) < 4.78 is 5.85. The third kappa shape index (κ3) is 3.12. The van der Waals surface area contributed by atoms with E-state index in [4.69, 9.17) is 4.74 Å².